The van der Waals surface area contributed by atoms with Gasteiger partial charge in [0.1, 0.15) is 5.82 Å². The summed E-state index contributed by atoms with van der Waals surface area (Å²) in [4.78, 5) is 0. The van der Waals surface area contributed by atoms with Crippen LogP contribution < -0.4 is 5.73 Å². The second-order valence-electron chi connectivity index (χ2n) is 3.13. The lowest BCUT2D eigenvalue weighted by Gasteiger charge is -2.06. The van der Waals surface area contributed by atoms with E-state index in [0.29, 0.717) is 12.4 Å². The molecule has 15 heavy (non-hydrogen) atoms. The van der Waals surface area contributed by atoms with Crippen molar-refractivity contribution >= 4 is 44.3 Å². The van der Waals surface area contributed by atoms with E-state index in [0.717, 1.165) is 8.04 Å². The summed E-state index contributed by atoms with van der Waals surface area (Å²) in [6, 6.07) is 8.06. The zero-order valence-corrected chi connectivity index (χ0v) is 11.6. The molecule has 1 heterocycles. The summed E-state index contributed by atoms with van der Waals surface area (Å²) in [5.74, 6) is 0.714. The summed E-state index contributed by atoms with van der Waals surface area (Å²) in [7, 11) is 0. The van der Waals surface area contributed by atoms with Gasteiger partial charge in [-0.3, -0.25) is 0 Å². The fourth-order valence-electron chi connectivity index (χ4n) is 1.29. The summed E-state index contributed by atoms with van der Waals surface area (Å²) in [6.07, 6.45) is 1.77. The summed E-state index contributed by atoms with van der Waals surface area (Å²) in [5.41, 5.74) is 7.05. The molecular formula is C10H9BrIN3. The first-order valence-corrected chi connectivity index (χ1v) is 6.26. The van der Waals surface area contributed by atoms with Crippen LogP contribution in [0, 0.1) is 3.57 Å². The Morgan fingerprint density at radius 1 is 1.40 bits per heavy atom. The number of hydrogen-bond acceptors (Lipinski definition) is 2. The third-order valence-corrected chi connectivity index (χ3v) is 3.72. The minimum Gasteiger partial charge on any atom is -0.383 e. The van der Waals surface area contributed by atoms with Gasteiger partial charge in [0.2, 0.25) is 0 Å². The molecule has 0 radical (unpaired) electrons. The number of rotatable bonds is 2. The molecule has 2 aromatic rings. The van der Waals surface area contributed by atoms with Crippen LogP contribution in [0.4, 0.5) is 5.82 Å². The second kappa shape index (κ2) is 4.52. The number of nitrogens with two attached hydrogens (primary N) is 1. The molecular weight excluding hydrogens is 369 g/mol. The van der Waals surface area contributed by atoms with Crippen molar-refractivity contribution < 1.29 is 0 Å². The van der Waals surface area contributed by atoms with Crippen LogP contribution in [0.1, 0.15) is 5.56 Å². The van der Waals surface area contributed by atoms with Crippen molar-refractivity contribution in [1.82, 2.24) is 9.78 Å². The molecule has 0 fully saturated rings. The highest BCUT2D eigenvalue weighted by molar-refractivity contribution is 14.1. The molecule has 5 heteroatoms. The molecule has 0 amide bonds. The smallest absolute Gasteiger partial charge is 0.135 e. The van der Waals surface area contributed by atoms with Gasteiger partial charge in [0, 0.05) is 4.47 Å². The number of anilines is 1. The number of aromatic nitrogens is 2. The molecule has 78 valence electrons. The predicted octanol–water partition coefficient (Wildman–Crippen LogP) is 2.88. The van der Waals surface area contributed by atoms with E-state index in [1.54, 1.807) is 10.9 Å². The van der Waals surface area contributed by atoms with E-state index in [1.807, 2.05) is 18.2 Å². The number of nitrogens with zero attached hydrogens (tertiary/aromatic N) is 2. The molecule has 0 atom stereocenters. The van der Waals surface area contributed by atoms with Gasteiger partial charge in [-0.15, -0.1) is 0 Å². The van der Waals surface area contributed by atoms with Gasteiger partial charge in [0.15, 0.2) is 0 Å². The van der Waals surface area contributed by atoms with Gasteiger partial charge in [0.25, 0.3) is 0 Å². The molecule has 0 spiro atoms. The number of nitrogen functional groups attached to an aromatic ring is 1. The maximum absolute atomic E-state index is 5.88. The van der Waals surface area contributed by atoms with Gasteiger partial charge >= 0.3 is 0 Å². The van der Waals surface area contributed by atoms with Crippen molar-refractivity contribution in [2.75, 3.05) is 5.73 Å². The van der Waals surface area contributed by atoms with Crippen molar-refractivity contribution in [2.45, 2.75) is 6.54 Å². The highest BCUT2D eigenvalue weighted by atomic mass is 127. The summed E-state index contributed by atoms with van der Waals surface area (Å²) in [5, 5.41) is 4.22. The topological polar surface area (TPSA) is 43.8 Å². The van der Waals surface area contributed by atoms with E-state index in [2.05, 4.69) is 49.7 Å². The van der Waals surface area contributed by atoms with Crippen molar-refractivity contribution in [3.63, 3.8) is 0 Å². The lowest BCUT2D eigenvalue weighted by atomic mass is 10.2. The summed E-state index contributed by atoms with van der Waals surface area (Å²) < 4.78 is 3.86. The first-order valence-electron chi connectivity index (χ1n) is 4.38. The van der Waals surface area contributed by atoms with E-state index in [1.165, 1.54) is 5.56 Å². The molecule has 3 nitrogen and oxygen atoms in total. The molecule has 2 rings (SSSR count). The monoisotopic (exact) mass is 377 g/mol. The normalized spacial score (nSPS) is 10.5. The van der Waals surface area contributed by atoms with Crippen LogP contribution in [0.25, 0.3) is 0 Å². The van der Waals surface area contributed by atoms with Gasteiger partial charge in [-0.05, 0) is 34.2 Å². The Morgan fingerprint density at radius 2 is 2.13 bits per heavy atom. The Hall–Kier alpha value is -0.560. The van der Waals surface area contributed by atoms with Crippen LogP contribution in [0.5, 0.6) is 0 Å². The maximum atomic E-state index is 5.88. The minimum atomic E-state index is 0.691. The molecule has 1 aromatic heterocycles. The second-order valence-corrected chi connectivity index (χ2v) is 5.14. The van der Waals surface area contributed by atoms with Crippen LogP contribution in [0.2, 0.25) is 0 Å². The Labute approximate surface area is 110 Å². The van der Waals surface area contributed by atoms with E-state index in [4.69, 9.17) is 5.73 Å². The van der Waals surface area contributed by atoms with Gasteiger partial charge in [-0.1, -0.05) is 34.1 Å². The molecule has 0 saturated heterocycles. The molecule has 0 aliphatic rings. The number of benzene rings is 1. The molecule has 1 aromatic carbocycles. The molecule has 0 bridgehead atoms. The highest BCUT2D eigenvalue weighted by Gasteiger charge is 2.06. The minimum absolute atomic E-state index is 0.691. The molecule has 0 unspecified atom stereocenters. The average Bonchev–Trinajstić information content (AvgIpc) is 2.53. The first-order chi connectivity index (χ1) is 7.18. The van der Waals surface area contributed by atoms with E-state index in [-0.39, 0.29) is 0 Å². The van der Waals surface area contributed by atoms with Crippen molar-refractivity contribution in [3.8, 4) is 0 Å². The molecule has 0 aliphatic heterocycles. The highest BCUT2D eigenvalue weighted by Crippen LogP contribution is 2.19. The van der Waals surface area contributed by atoms with E-state index >= 15 is 0 Å². The average molecular weight is 378 g/mol. The third-order valence-electron chi connectivity index (χ3n) is 2.11. The van der Waals surface area contributed by atoms with Gasteiger partial charge in [-0.25, -0.2) is 4.68 Å². The van der Waals surface area contributed by atoms with E-state index in [9.17, 15) is 0 Å². The molecule has 0 saturated carbocycles. The van der Waals surface area contributed by atoms with Crippen LogP contribution in [-0.4, -0.2) is 9.78 Å². The lowest BCUT2D eigenvalue weighted by molar-refractivity contribution is 0.695. The van der Waals surface area contributed by atoms with Gasteiger partial charge in [-0.2, -0.15) is 5.10 Å². The SMILES string of the molecule is Nc1c(I)cnn1Cc1ccccc1Br. The van der Waals surface area contributed by atoms with Crippen molar-refractivity contribution in [3.05, 3.63) is 44.1 Å². The van der Waals surface area contributed by atoms with Crippen LogP contribution in [0.3, 0.4) is 0 Å². The standard InChI is InChI=1S/C10H9BrIN3/c11-8-4-2-1-3-7(8)6-15-10(13)9(12)5-14-15/h1-5H,6,13H2. The Bertz CT molecular complexity index is 481. The number of hydrogen-bond donors (Lipinski definition) is 1. The van der Waals surface area contributed by atoms with Gasteiger partial charge in [0.05, 0.1) is 16.3 Å². The predicted molar refractivity (Wildman–Crippen MR) is 72.6 cm³/mol. The third kappa shape index (κ3) is 2.34. The van der Waals surface area contributed by atoms with Crippen LogP contribution in [0.15, 0.2) is 34.9 Å². The zero-order valence-electron chi connectivity index (χ0n) is 7.82. The van der Waals surface area contributed by atoms with Gasteiger partial charge < -0.3 is 5.73 Å². The molecule has 2 N–H and O–H groups in total. The van der Waals surface area contributed by atoms with Crippen molar-refractivity contribution in [1.29, 1.82) is 0 Å². The first kappa shape index (κ1) is 10.9. The van der Waals surface area contributed by atoms with E-state index < -0.39 is 0 Å². The Balaban J connectivity index is 2.30. The van der Waals surface area contributed by atoms with Crippen LogP contribution in [-0.2, 0) is 6.54 Å². The largest absolute Gasteiger partial charge is 0.383 e. The van der Waals surface area contributed by atoms with Crippen molar-refractivity contribution in [2.24, 2.45) is 0 Å². The zero-order chi connectivity index (χ0) is 10.8. The fraction of sp³-hybridized carbons (Fsp3) is 0.100. The summed E-state index contributed by atoms with van der Waals surface area (Å²) in [6.45, 7) is 0.691. The quantitative estimate of drug-likeness (QED) is 0.818. The fourth-order valence-corrected chi connectivity index (χ4v) is 2.10. The Morgan fingerprint density at radius 3 is 2.73 bits per heavy atom. The summed E-state index contributed by atoms with van der Waals surface area (Å²) >= 11 is 5.68. The molecule has 0 aliphatic carbocycles. The van der Waals surface area contributed by atoms with Crippen LogP contribution >= 0.6 is 38.5 Å². The number of halogens is 2. The maximum Gasteiger partial charge on any atom is 0.135 e. The lowest BCUT2D eigenvalue weighted by Crippen LogP contribution is -2.06. The Kier molecular flexibility index (Phi) is 3.30.